The summed E-state index contributed by atoms with van der Waals surface area (Å²) < 4.78 is 5.23. The second-order valence-electron chi connectivity index (χ2n) is 4.87. The van der Waals surface area contributed by atoms with Crippen molar-refractivity contribution in [1.82, 2.24) is 0 Å². The number of anilines is 1. The van der Waals surface area contributed by atoms with Gasteiger partial charge in [-0.2, -0.15) is 0 Å². The first-order valence-electron chi connectivity index (χ1n) is 6.89. The topological polar surface area (TPSA) is 73.9 Å². The highest BCUT2D eigenvalue weighted by Gasteiger charge is 2.13. The molecule has 1 atom stereocenters. The molecule has 112 valence electrons. The van der Waals surface area contributed by atoms with Gasteiger partial charge in [0.25, 0.3) is 0 Å². The van der Waals surface area contributed by atoms with Crippen LogP contribution in [0, 0.1) is 0 Å². The van der Waals surface area contributed by atoms with Crippen molar-refractivity contribution >= 4 is 5.69 Å². The lowest BCUT2D eigenvalue weighted by Crippen LogP contribution is -2.32. The highest BCUT2D eigenvalue weighted by atomic mass is 16.4. The Balaban J connectivity index is 2.23. The molecule has 0 saturated carbocycles. The van der Waals surface area contributed by atoms with Crippen LogP contribution in [-0.4, -0.2) is 22.9 Å². The smallest absolute Gasteiger partial charge is 0.226 e. The van der Waals surface area contributed by atoms with E-state index in [9.17, 15) is 15.0 Å². The van der Waals surface area contributed by atoms with E-state index < -0.39 is 17.3 Å². The first-order valence-corrected chi connectivity index (χ1v) is 6.89. The van der Waals surface area contributed by atoms with Gasteiger partial charge in [-0.05, 0) is 18.6 Å². The molecule has 0 unspecified atom stereocenters. The van der Waals surface area contributed by atoms with Crippen molar-refractivity contribution in [3.63, 3.8) is 0 Å². The Labute approximate surface area is 123 Å². The molecule has 2 N–H and O–H groups in total. The van der Waals surface area contributed by atoms with Gasteiger partial charge in [-0.3, -0.25) is 4.79 Å². The second kappa shape index (κ2) is 6.95. The minimum absolute atomic E-state index is 0.344. The Morgan fingerprint density at radius 1 is 1.29 bits per heavy atom. The number of benzene rings is 1. The summed E-state index contributed by atoms with van der Waals surface area (Å²) in [6.45, 7) is 2.69. The molecule has 5 nitrogen and oxygen atoms in total. The number of hydrogen-bond donors (Lipinski definition) is 2. The summed E-state index contributed by atoms with van der Waals surface area (Å²) in [5.74, 6) is 0.0311. The van der Waals surface area contributed by atoms with Gasteiger partial charge in [0.05, 0.1) is 12.6 Å². The van der Waals surface area contributed by atoms with Crippen molar-refractivity contribution in [2.24, 2.45) is 0 Å². The number of aliphatic hydroxyl groups excluding tert-OH is 1. The van der Waals surface area contributed by atoms with Gasteiger partial charge >= 0.3 is 0 Å². The lowest BCUT2D eigenvalue weighted by atomic mass is 10.2. The van der Waals surface area contributed by atoms with Crippen LogP contribution in [0.25, 0.3) is 0 Å². The Bertz CT molecular complexity index is 624. The van der Waals surface area contributed by atoms with Gasteiger partial charge in [-0.25, -0.2) is 0 Å². The van der Waals surface area contributed by atoms with Crippen LogP contribution in [0.4, 0.5) is 5.69 Å². The third-order valence-corrected chi connectivity index (χ3v) is 3.24. The van der Waals surface area contributed by atoms with Gasteiger partial charge in [0.2, 0.25) is 5.43 Å². The molecule has 1 heterocycles. The molecule has 0 aliphatic carbocycles. The number of para-hydroxylation sites is 1. The van der Waals surface area contributed by atoms with Gasteiger partial charge in [-0.15, -0.1) is 0 Å². The van der Waals surface area contributed by atoms with Crippen molar-refractivity contribution in [3.8, 4) is 5.75 Å². The van der Waals surface area contributed by atoms with E-state index in [0.717, 1.165) is 12.0 Å². The average molecular weight is 289 g/mol. The van der Waals surface area contributed by atoms with Crippen molar-refractivity contribution in [2.75, 3.05) is 11.4 Å². The fraction of sp³-hybridized carbons (Fsp3) is 0.312. The molecule has 0 spiro atoms. The predicted molar refractivity (Wildman–Crippen MR) is 80.4 cm³/mol. The minimum Gasteiger partial charge on any atom is -0.502 e. The fourth-order valence-electron chi connectivity index (χ4n) is 2.00. The van der Waals surface area contributed by atoms with Gasteiger partial charge in [0, 0.05) is 18.3 Å². The summed E-state index contributed by atoms with van der Waals surface area (Å²) in [6.07, 6.45) is 1.22. The number of hydrogen-bond acceptors (Lipinski definition) is 5. The lowest BCUT2D eigenvalue weighted by molar-refractivity contribution is 0.174. The highest BCUT2D eigenvalue weighted by molar-refractivity contribution is 5.46. The quantitative estimate of drug-likeness (QED) is 0.852. The van der Waals surface area contributed by atoms with E-state index >= 15 is 0 Å². The summed E-state index contributed by atoms with van der Waals surface area (Å²) in [5.41, 5.74) is 0.459. The van der Waals surface area contributed by atoms with Crippen LogP contribution in [0.5, 0.6) is 5.75 Å². The van der Waals surface area contributed by atoms with Gasteiger partial charge in [0.1, 0.15) is 12.0 Å². The van der Waals surface area contributed by atoms with Gasteiger partial charge in [-0.1, -0.05) is 25.1 Å². The molecule has 1 aromatic carbocycles. The zero-order chi connectivity index (χ0) is 15.2. The van der Waals surface area contributed by atoms with Gasteiger partial charge < -0.3 is 19.5 Å². The van der Waals surface area contributed by atoms with Crippen LogP contribution < -0.4 is 10.3 Å². The molecule has 2 rings (SSSR count). The molecule has 0 bridgehead atoms. The first kappa shape index (κ1) is 15.1. The zero-order valence-corrected chi connectivity index (χ0v) is 11.9. The van der Waals surface area contributed by atoms with E-state index in [1.807, 2.05) is 42.2 Å². The maximum Gasteiger partial charge on any atom is 0.226 e. The van der Waals surface area contributed by atoms with Crippen molar-refractivity contribution in [1.29, 1.82) is 0 Å². The zero-order valence-electron chi connectivity index (χ0n) is 11.9. The van der Waals surface area contributed by atoms with Crippen LogP contribution in [0.3, 0.4) is 0 Å². The molecule has 0 aliphatic rings. The van der Waals surface area contributed by atoms with E-state index in [0.29, 0.717) is 25.3 Å². The second-order valence-corrected chi connectivity index (χ2v) is 4.87. The molecule has 0 aliphatic heterocycles. The Kier molecular flexibility index (Phi) is 5.00. The van der Waals surface area contributed by atoms with E-state index in [-0.39, 0.29) is 0 Å². The highest BCUT2D eigenvalue weighted by Crippen LogP contribution is 2.18. The summed E-state index contributed by atoms with van der Waals surface area (Å²) in [6, 6.07) is 10.9. The third kappa shape index (κ3) is 4.10. The van der Waals surface area contributed by atoms with Crippen LogP contribution in [0.15, 0.2) is 51.9 Å². The molecule has 2 aromatic rings. The van der Waals surface area contributed by atoms with Crippen LogP contribution in [0.1, 0.15) is 19.1 Å². The summed E-state index contributed by atoms with van der Waals surface area (Å²) in [4.78, 5) is 13.4. The van der Waals surface area contributed by atoms with Crippen molar-refractivity contribution in [3.05, 3.63) is 58.6 Å². The van der Waals surface area contributed by atoms with Crippen LogP contribution in [-0.2, 0) is 6.54 Å². The maximum absolute atomic E-state index is 11.5. The molecule has 0 saturated heterocycles. The molecule has 1 aromatic heterocycles. The Hall–Kier alpha value is -2.27. The standard InChI is InChI=1S/C16H19NO4/c1-2-13(18)9-17(12-6-4-3-5-7-12)10-14-8-15(19)16(20)11-21-14/h3-8,11,13,18,20H,2,9-10H2,1H3/t13-/m1/s1. The summed E-state index contributed by atoms with van der Waals surface area (Å²) in [5, 5.41) is 19.1. The number of rotatable bonds is 6. The van der Waals surface area contributed by atoms with Crippen LogP contribution >= 0.6 is 0 Å². The van der Waals surface area contributed by atoms with Crippen molar-refractivity contribution in [2.45, 2.75) is 26.0 Å². The molecular weight excluding hydrogens is 270 g/mol. The first-order chi connectivity index (χ1) is 10.1. The fourth-order valence-corrected chi connectivity index (χ4v) is 2.00. The average Bonchev–Trinajstić information content (AvgIpc) is 2.51. The number of aliphatic hydroxyl groups is 1. The molecule has 21 heavy (non-hydrogen) atoms. The van der Waals surface area contributed by atoms with Crippen LogP contribution in [0.2, 0.25) is 0 Å². The lowest BCUT2D eigenvalue weighted by Gasteiger charge is -2.26. The Morgan fingerprint density at radius 2 is 2.00 bits per heavy atom. The number of nitrogens with zero attached hydrogens (tertiary/aromatic N) is 1. The Morgan fingerprint density at radius 3 is 2.62 bits per heavy atom. The molecule has 5 heteroatoms. The van der Waals surface area contributed by atoms with E-state index in [1.54, 1.807) is 0 Å². The monoisotopic (exact) mass is 289 g/mol. The summed E-state index contributed by atoms with van der Waals surface area (Å²) >= 11 is 0. The maximum atomic E-state index is 11.5. The third-order valence-electron chi connectivity index (χ3n) is 3.24. The summed E-state index contributed by atoms with van der Waals surface area (Å²) in [7, 11) is 0. The largest absolute Gasteiger partial charge is 0.502 e. The molecular formula is C16H19NO4. The molecule has 0 fully saturated rings. The van der Waals surface area contributed by atoms with E-state index in [1.165, 1.54) is 6.07 Å². The normalized spacial score (nSPS) is 12.1. The number of aromatic hydroxyl groups is 1. The van der Waals surface area contributed by atoms with E-state index in [4.69, 9.17) is 4.42 Å². The van der Waals surface area contributed by atoms with Gasteiger partial charge in [0.15, 0.2) is 5.75 Å². The van der Waals surface area contributed by atoms with E-state index in [2.05, 4.69) is 0 Å². The molecule has 0 radical (unpaired) electrons. The van der Waals surface area contributed by atoms with Crippen molar-refractivity contribution < 1.29 is 14.6 Å². The SMILES string of the molecule is CC[C@@H](O)CN(Cc1cc(=O)c(O)co1)c1ccccc1. The molecule has 0 amide bonds. The predicted octanol–water partition coefficient (Wildman–Crippen LogP) is 2.12. The minimum atomic E-state index is -0.472.